The number of fused-ring (bicyclic) bond motifs is 3. The van der Waals surface area contributed by atoms with Gasteiger partial charge in [0.05, 0.1) is 11.6 Å². The summed E-state index contributed by atoms with van der Waals surface area (Å²) < 4.78 is 0. The number of likely N-dealkylation sites (N-methyl/N-ethyl adjacent to an activating group) is 1. The number of anilines is 1. The smallest absolute Gasteiger partial charge is 0.255 e. The molecular weight excluding hydrogens is 514 g/mol. The van der Waals surface area contributed by atoms with E-state index in [9.17, 15) is 34.8 Å². The molecule has 2 aromatic carbocycles. The van der Waals surface area contributed by atoms with Crippen molar-refractivity contribution in [3.63, 3.8) is 0 Å². The number of aryl methyl sites for hydroxylation is 1. The summed E-state index contributed by atoms with van der Waals surface area (Å²) in [5.41, 5.74) is 5.26. The van der Waals surface area contributed by atoms with E-state index in [1.807, 2.05) is 56.3 Å². The standard InChI is InChI=1S/C30H33N3O7/c1-13-7-6-8-14(9-13)16-12-19(32(2)3)17-10-15-11-18-23(33(4)5)26(36)22(29(31)39)28(38)30(18,40)27(37)20(15)25(35)21(17)24(16)34/h6-9,12,15,18,23,34-35,38,40H,10-11H2,1-5H3,(H2,31,39). The highest BCUT2D eigenvalue weighted by Gasteiger charge is 2.64. The third kappa shape index (κ3) is 3.66. The van der Waals surface area contributed by atoms with Crippen molar-refractivity contribution in [3.05, 3.63) is 63.9 Å². The minimum absolute atomic E-state index is 0.0407. The first-order valence-electron chi connectivity index (χ1n) is 13.0. The fourth-order valence-electron chi connectivity index (χ4n) is 6.72. The number of nitrogens with zero attached hydrogens (tertiary/aromatic N) is 2. The molecule has 0 aromatic heterocycles. The predicted molar refractivity (Wildman–Crippen MR) is 149 cm³/mol. The number of amides is 1. The molecule has 0 aliphatic heterocycles. The van der Waals surface area contributed by atoms with Crippen LogP contribution in [0.15, 0.2) is 47.2 Å². The number of rotatable bonds is 4. The fourth-order valence-corrected chi connectivity index (χ4v) is 6.72. The molecule has 2 aromatic rings. The van der Waals surface area contributed by atoms with Gasteiger partial charge >= 0.3 is 0 Å². The van der Waals surface area contributed by atoms with Crippen molar-refractivity contribution in [3.8, 4) is 16.9 Å². The van der Waals surface area contributed by atoms with E-state index in [2.05, 4.69) is 0 Å². The summed E-state index contributed by atoms with van der Waals surface area (Å²) in [7, 11) is 6.82. The number of aliphatic hydroxyl groups is 3. The molecule has 6 N–H and O–H groups in total. The quantitative estimate of drug-likeness (QED) is 0.360. The van der Waals surface area contributed by atoms with Gasteiger partial charge in [0.1, 0.15) is 22.8 Å². The Hall–Kier alpha value is -4.15. The molecule has 5 rings (SSSR count). The number of carbonyl (C=O) groups excluding carboxylic acids is 3. The topological polar surface area (TPSA) is 165 Å². The number of benzene rings is 2. The van der Waals surface area contributed by atoms with Crippen LogP contribution in [0.2, 0.25) is 0 Å². The number of nitrogens with two attached hydrogens (primary N) is 1. The second-order valence-electron chi connectivity index (χ2n) is 11.4. The summed E-state index contributed by atoms with van der Waals surface area (Å²) in [5, 5.41) is 45.9. The fraction of sp³-hybridized carbons (Fsp3) is 0.367. The van der Waals surface area contributed by atoms with E-state index < -0.39 is 58.0 Å². The zero-order valence-electron chi connectivity index (χ0n) is 23.0. The van der Waals surface area contributed by atoms with Crippen LogP contribution >= 0.6 is 0 Å². The highest BCUT2D eigenvalue weighted by Crippen LogP contribution is 2.54. The third-order valence-corrected chi connectivity index (χ3v) is 8.51. The molecule has 40 heavy (non-hydrogen) atoms. The van der Waals surface area contributed by atoms with Gasteiger partial charge in [-0.3, -0.25) is 19.3 Å². The summed E-state index contributed by atoms with van der Waals surface area (Å²) in [6.07, 6.45) is 0.267. The molecule has 4 atom stereocenters. The second-order valence-corrected chi connectivity index (χ2v) is 11.4. The largest absolute Gasteiger partial charge is 0.508 e. The second kappa shape index (κ2) is 9.21. The summed E-state index contributed by atoms with van der Waals surface area (Å²) >= 11 is 0. The Labute approximate surface area is 231 Å². The van der Waals surface area contributed by atoms with Crippen molar-refractivity contribution in [2.45, 2.75) is 31.4 Å². The molecule has 210 valence electrons. The molecule has 10 heteroatoms. The molecule has 1 fully saturated rings. The molecule has 0 radical (unpaired) electrons. The van der Waals surface area contributed by atoms with Crippen molar-refractivity contribution in [1.82, 2.24) is 4.90 Å². The van der Waals surface area contributed by atoms with Crippen molar-refractivity contribution in [1.29, 1.82) is 0 Å². The van der Waals surface area contributed by atoms with Gasteiger partial charge in [-0.1, -0.05) is 29.8 Å². The first kappa shape index (κ1) is 27.4. The van der Waals surface area contributed by atoms with Gasteiger partial charge in [-0.05, 0) is 57.0 Å². The number of phenolic OH excluding ortho intramolecular Hbond substituents is 1. The average molecular weight is 548 g/mol. The summed E-state index contributed by atoms with van der Waals surface area (Å²) in [5.74, 6) is -6.65. The summed E-state index contributed by atoms with van der Waals surface area (Å²) in [4.78, 5) is 42.8. The van der Waals surface area contributed by atoms with Crippen LogP contribution in [0.4, 0.5) is 5.69 Å². The van der Waals surface area contributed by atoms with Crippen LogP contribution in [-0.4, -0.2) is 82.6 Å². The van der Waals surface area contributed by atoms with E-state index in [1.54, 1.807) is 14.1 Å². The Bertz CT molecular complexity index is 1550. The number of phenols is 1. The van der Waals surface area contributed by atoms with E-state index in [-0.39, 0.29) is 29.7 Å². The number of ketones is 2. The summed E-state index contributed by atoms with van der Waals surface area (Å²) in [6.45, 7) is 1.92. The lowest BCUT2D eigenvalue weighted by Crippen LogP contribution is -2.65. The van der Waals surface area contributed by atoms with Crippen molar-refractivity contribution < 1.29 is 34.8 Å². The molecule has 0 bridgehead atoms. The molecule has 0 heterocycles. The highest BCUT2D eigenvalue weighted by atomic mass is 16.3. The third-order valence-electron chi connectivity index (χ3n) is 8.51. The summed E-state index contributed by atoms with van der Waals surface area (Å²) in [6, 6.07) is 8.21. The first-order chi connectivity index (χ1) is 18.7. The van der Waals surface area contributed by atoms with E-state index in [0.717, 1.165) is 11.3 Å². The molecule has 10 nitrogen and oxygen atoms in total. The van der Waals surface area contributed by atoms with Crippen molar-refractivity contribution in [2.24, 2.45) is 17.6 Å². The molecule has 1 saturated carbocycles. The molecule has 0 spiro atoms. The maximum Gasteiger partial charge on any atom is 0.255 e. The number of Topliss-reactive ketones (excluding diaryl/α,β-unsaturated/α-hetero) is 2. The Morgan fingerprint density at radius 3 is 2.33 bits per heavy atom. The minimum atomic E-state index is -2.67. The Morgan fingerprint density at radius 2 is 1.75 bits per heavy atom. The lowest BCUT2D eigenvalue weighted by molar-refractivity contribution is -0.153. The lowest BCUT2D eigenvalue weighted by Gasteiger charge is -2.50. The molecule has 4 unspecified atom stereocenters. The van der Waals surface area contributed by atoms with E-state index in [1.165, 1.54) is 4.90 Å². The van der Waals surface area contributed by atoms with Gasteiger partial charge in [0, 0.05) is 36.8 Å². The van der Waals surface area contributed by atoms with Crippen LogP contribution in [0.3, 0.4) is 0 Å². The van der Waals surface area contributed by atoms with Crippen LogP contribution < -0.4 is 10.6 Å². The zero-order valence-corrected chi connectivity index (χ0v) is 23.0. The molecule has 1 amide bonds. The van der Waals surface area contributed by atoms with Gasteiger partial charge in [0.25, 0.3) is 5.91 Å². The van der Waals surface area contributed by atoms with Crippen LogP contribution in [-0.2, 0) is 20.8 Å². The van der Waals surface area contributed by atoms with Gasteiger partial charge in [0.15, 0.2) is 11.4 Å². The van der Waals surface area contributed by atoms with E-state index in [4.69, 9.17) is 5.73 Å². The Balaban J connectivity index is 1.78. The number of hydrogen-bond donors (Lipinski definition) is 5. The Kier molecular flexibility index (Phi) is 6.31. The number of primary amides is 1. The lowest BCUT2D eigenvalue weighted by atomic mass is 9.57. The highest BCUT2D eigenvalue weighted by molar-refractivity contribution is 6.24. The molecule has 0 saturated heterocycles. The zero-order chi connectivity index (χ0) is 29.4. The maximum absolute atomic E-state index is 14.1. The van der Waals surface area contributed by atoms with Gasteiger partial charge in [-0.25, -0.2) is 0 Å². The normalized spacial score (nSPS) is 26.0. The van der Waals surface area contributed by atoms with E-state index in [0.29, 0.717) is 16.7 Å². The van der Waals surface area contributed by atoms with Crippen LogP contribution in [0.5, 0.6) is 5.75 Å². The Morgan fingerprint density at radius 1 is 1.07 bits per heavy atom. The van der Waals surface area contributed by atoms with Crippen LogP contribution in [0.25, 0.3) is 16.9 Å². The average Bonchev–Trinajstić information content (AvgIpc) is 2.85. The SMILES string of the molecule is Cc1cccc(-c2cc(N(C)C)c3c(c2O)C(O)=C2C(=O)C4(O)C(O)=C(C(N)=O)C(=O)C(N(C)C)C4CC2C3)c1. The molecular formula is C30H33N3O7. The number of carbonyl (C=O) groups is 3. The maximum atomic E-state index is 14.1. The van der Waals surface area contributed by atoms with Gasteiger partial charge < -0.3 is 31.1 Å². The first-order valence-corrected chi connectivity index (χ1v) is 13.0. The molecule has 3 aliphatic carbocycles. The van der Waals surface area contributed by atoms with Crippen molar-refractivity contribution in [2.75, 3.05) is 33.1 Å². The number of aliphatic hydroxyl groups excluding tert-OH is 2. The number of hydrogen-bond acceptors (Lipinski definition) is 9. The van der Waals surface area contributed by atoms with Crippen LogP contribution in [0, 0.1) is 18.8 Å². The minimum Gasteiger partial charge on any atom is -0.508 e. The van der Waals surface area contributed by atoms with Gasteiger partial charge in [0.2, 0.25) is 5.78 Å². The van der Waals surface area contributed by atoms with E-state index >= 15 is 0 Å². The number of aromatic hydroxyl groups is 1. The van der Waals surface area contributed by atoms with Crippen molar-refractivity contribution >= 4 is 28.9 Å². The van der Waals surface area contributed by atoms with Gasteiger partial charge in [-0.2, -0.15) is 0 Å². The monoisotopic (exact) mass is 547 g/mol. The molecule has 3 aliphatic rings. The predicted octanol–water partition coefficient (Wildman–Crippen LogP) is 2.01. The van der Waals surface area contributed by atoms with Crippen LogP contribution in [0.1, 0.15) is 23.1 Å². The van der Waals surface area contributed by atoms with Gasteiger partial charge in [-0.15, -0.1) is 0 Å².